The predicted molar refractivity (Wildman–Crippen MR) is 140 cm³/mol. The smallest absolute Gasteiger partial charge is 0.265 e. The quantitative estimate of drug-likeness (QED) is 0.302. The molecule has 0 radical (unpaired) electrons. The van der Waals surface area contributed by atoms with E-state index < -0.39 is 16.3 Å². The molecule has 1 aliphatic heterocycles. The van der Waals surface area contributed by atoms with Gasteiger partial charge in [0, 0.05) is 17.7 Å². The number of hydrogen-bond donors (Lipinski definition) is 4. The molecular weight excluding hydrogens is 462 g/mol. The van der Waals surface area contributed by atoms with Crippen molar-refractivity contribution in [3.05, 3.63) is 123 Å². The monoisotopic (exact) mass is 487 g/mol. The van der Waals surface area contributed by atoms with Crippen LogP contribution in [0.4, 0.5) is 5.69 Å². The van der Waals surface area contributed by atoms with Gasteiger partial charge < -0.3 is 15.0 Å². The van der Waals surface area contributed by atoms with Crippen LogP contribution in [0.15, 0.2) is 99.0 Å². The first kappa shape index (κ1) is 22.9. The Bertz CT molecular complexity index is 1480. The summed E-state index contributed by atoms with van der Waals surface area (Å²) in [6.07, 6.45) is 0.390. The van der Waals surface area contributed by atoms with E-state index in [1.807, 2.05) is 67.6 Å². The Morgan fingerprint density at radius 3 is 2.17 bits per heavy atom. The summed E-state index contributed by atoms with van der Waals surface area (Å²) in [6.45, 7) is 2.10. The molecule has 0 amide bonds. The minimum Gasteiger partial charge on any atom is -0.507 e. The van der Waals surface area contributed by atoms with Crippen molar-refractivity contribution in [1.29, 1.82) is 0 Å². The van der Waals surface area contributed by atoms with E-state index >= 15 is 0 Å². The lowest BCUT2D eigenvalue weighted by Gasteiger charge is -2.34. The number of benzene rings is 3. The van der Waals surface area contributed by atoms with E-state index in [9.17, 15) is 19.0 Å². The fourth-order valence-electron chi connectivity index (χ4n) is 4.30. The van der Waals surface area contributed by atoms with Crippen molar-refractivity contribution in [3.63, 3.8) is 0 Å². The number of aromatic hydroxyl groups is 1. The van der Waals surface area contributed by atoms with Gasteiger partial charge in [-0.25, -0.2) is 0 Å². The Hall–Kier alpha value is -3.85. The van der Waals surface area contributed by atoms with Crippen LogP contribution < -0.4 is 10.9 Å². The molecule has 5 rings (SSSR count). The summed E-state index contributed by atoms with van der Waals surface area (Å²) in [5, 5.41) is 14.4. The van der Waals surface area contributed by atoms with Gasteiger partial charge in [-0.05, 0) is 30.2 Å². The Balaban J connectivity index is 1.71. The summed E-state index contributed by atoms with van der Waals surface area (Å²) >= 11 is 0. The first-order chi connectivity index (χ1) is 16.8. The highest BCUT2D eigenvalue weighted by molar-refractivity contribution is 8.23. The first-order valence-corrected chi connectivity index (χ1v) is 12.6. The van der Waals surface area contributed by atoms with Crippen LogP contribution >= 0.6 is 10.8 Å². The van der Waals surface area contributed by atoms with E-state index in [0.717, 1.165) is 11.1 Å². The van der Waals surface area contributed by atoms with Gasteiger partial charge >= 0.3 is 0 Å². The zero-order chi connectivity index (χ0) is 24.6. The van der Waals surface area contributed by atoms with Crippen molar-refractivity contribution in [2.75, 3.05) is 5.32 Å². The number of amidine groups is 1. The highest BCUT2D eigenvalue weighted by Crippen LogP contribution is 2.55. The second kappa shape index (κ2) is 9.07. The molecule has 4 N–H and O–H groups in total. The van der Waals surface area contributed by atoms with Crippen LogP contribution in [-0.4, -0.2) is 24.6 Å². The largest absolute Gasteiger partial charge is 0.507 e. The van der Waals surface area contributed by atoms with Gasteiger partial charge in [-0.1, -0.05) is 83.6 Å². The minimum absolute atomic E-state index is 0.0673. The molecule has 0 saturated heterocycles. The van der Waals surface area contributed by atoms with Crippen molar-refractivity contribution in [3.8, 4) is 5.75 Å². The van der Waals surface area contributed by atoms with E-state index in [1.54, 1.807) is 28.8 Å². The van der Waals surface area contributed by atoms with Gasteiger partial charge in [0.25, 0.3) is 5.56 Å². The SMILES string of the molecule is Cc1c(Cc2ccccc2)c(O)c(C2=NS(O)(O)c3ccccc3N2)c(=O)n1Cc1ccccc1. The molecule has 0 atom stereocenters. The molecule has 35 heavy (non-hydrogen) atoms. The molecule has 8 heteroatoms. The van der Waals surface area contributed by atoms with Gasteiger partial charge in [-0.15, -0.1) is 4.40 Å². The maximum absolute atomic E-state index is 13.8. The lowest BCUT2D eigenvalue weighted by molar-refractivity contribution is 0.461. The Morgan fingerprint density at radius 1 is 0.886 bits per heavy atom. The molecule has 1 aromatic heterocycles. The predicted octanol–water partition coefficient (Wildman–Crippen LogP) is 5.40. The van der Waals surface area contributed by atoms with E-state index in [0.29, 0.717) is 29.9 Å². The van der Waals surface area contributed by atoms with Crippen molar-refractivity contribution >= 4 is 22.3 Å². The molecule has 178 valence electrons. The molecular formula is C27H25N3O4S. The first-order valence-electron chi connectivity index (χ1n) is 11.1. The summed E-state index contributed by atoms with van der Waals surface area (Å²) in [7, 11) is -3.56. The van der Waals surface area contributed by atoms with Crippen molar-refractivity contribution < 1.29 is 14.2 Å². The Kier molecular flexibility index (Phi) is 5.94. The van der Waals surface area contributed by atoms with Gasteiger partial charge in [-0.3, -0.25) is 13.9 Å². The number of aromatic nitrogens is 1. The number of nitrogens with zero attached hydrogens (tertiary/aromatic N) is 2. The molecule has 7 nitrogen and oxygen atoms in total. The fourth-order valence-corrected chi connectivity index (χ4v) is 5.46. The number of para-hydroxylation sites is 1. The van der Waals surface area contributed by atoms with Crippen molar-refractivity contribution in [2.45, 2.75) is 24.8 Å². The number of hydrogen-bond acceptors (Lipinski definition) is 6. The Morgan fingerprint density at radius 2 is 1.49 bits per heavy atom. The van der Waals surface area contributed by atoms with Crippen LogP contribution in [0.3, 0.4) is 0 Å². The maximum atomic E-state index is 13.8. The second-order valence-corrected chi connectivity index (χ2v) is 10.1. The van der Waals surface area contributed by atoms with Crippen molar-refractivity contribution in [1.82, 2.24) is 4.57 Å². The molecule has 0 aliphatic carbocycles. The number of nitrogens with one attached hydrogen (secondary N) is 1. The number of pyridine rings is 1. The third-order valence-corrected chi connectivity index (χ3v) is 7.50. The van der Waals surface area contributed by atoms with E-state index in [1.165, 1.54) is 0 Å². The summed E-state index contributed by atoms with van der Waals surface area (Å²) in [5.41, 5.74) is 2.96. The van der Waals surface area contributed by atoms with E-state index in [-0.39, 0.29) is 22.0 Å². The third kappa shape index (κ3) is 4.35. The van der Waals surface area contributed by atoms with E-state index in [2.05, 4.69) is 9.71 Å². The van der Waals surface area contributed by atoms with Crippen LogP contribution in [0, 0.1) is 6.92 Å². The summed E-state index contributed by atoms with van der Waals surface area (Å²) < 4.78 is 27.1. The van der Waals surface area contributed by atoms with Gasteiger partial charge in [0.1, 0.15) is 16.2 Å². The van der Waals surface area contributed by atoms with Crippen molar-refractivity contribution in [2.24, 2.45) is 4.40 Å². The van der Waals surface area contributed by atoms with Crippen LogP contribution in [0.25, 0.3) is 0 Å². The molecule has 1 aliphatic rings. The van der Waals surface area contributed by atoms with E-state index in [4.69, 9.17) is 0 Å². The summed E-state index contributed by atoms with van der Waals surface area (Å²) in [5.74, 6) is -0.288. The standard InChI is InChI=1S/C27H25N3O4S/c1-18-21(16-19-10-4-2-5-11-19)25(31)24(27(32)30(18)17-20-12-6-3-7-13-20)26-28-22-14-8-9-15-23(22)35(33,34)29-26/h2-15,31,33-34H,16-17H2,1H3,(H,28,29). The minimum atomic E-state index is -3.56. The van der Waals surface area contributed by atoms with Crippen LogP contribution in [0.1, 0.15) is 27.9 Å². The Labute approximate surface area is 204 Å². The highest BCUT2D eigenvalue weighted by atomic mass is 32.3. The topological polar surface area (TPSA) is 107 Å². The molecule has 4 aromatic rings. The van der Waals surface area contributed by atoms with Crippen LogP contribution in [0.5, 0.6) is 5.75 Å². The van der Waals surface area contributed by atoms with Gasteiger partial charge in [0.2, 0.25) is 0 Å². The zero-order valence-corrected chi connectivity index (χ0v) is 19.9. The average molecular weight is 488 g/mol. The normalized spacial score (nSPS) is 15.0. The summed E-state index contributed by atoms with van der Waals surface area (Å²) in [6, 6.07) is 25.9. The second-order valence-electron chi connectivity index (χ2n) is 8.41. The lowest BCUT2D eigenvalue weighted by Crippen LogP contribution is -2.34. The number of rotatable bonds is 5. The van der Waals surface area contributed by atoms with Gasteiger partial charge in [0.15, 0.2) is 5.84 Å². The molecule has 0 unspecified atom stereocenters. The van der Waals surface area contributed by atoms with Crippen LogP contribution in [0.2, 0.25) is 0 Å². The van der Waals surface area contributed by atoms with Gasteiger partial charge in [0.05, 0.1) is 12.2 Å². The fraction of sp³-hybridized carbons (Fsp3) is 0.111. The third-order valence-electron chi connectivity index (χ3n) is 6.12. The lowest BCUT2D eigenvalue weighted by atomic mass is 9.99. The number of anilines is 1. The molecule has 3 aromatic carbocycles. The zero-order valence-electron chi connectivity index (χ0n) is 19.0. The molecule has 0 bridgehead atoms. The van der Waals surface area contributed by atoms with Crippen LogP contribution in [-0.2, 0) is 13.0 Å². The maximum Gasteiger partial charge on any atom is 0.265 e. The van der Waals surface area contributed by atoms with Gasteiger partial charge in [-0.2, -0.15) is 0 Å². The molecule has 0 fully saturated rings. The molecule has 0 spiro atoms. The number of fused-ring (bicyclic) bond motifs is 1. The summed E-state index contributed by atoms with van der Waals surface area (Å²) in [4.78, 5) is 14.0. The highest BCUT2D eigenvalue weighted by Gasteiger charge is 2.31. The molecule has 0 saturated carbocycles. The average Bonchev–Trinajstić information content (AvgIpc) is 2.85. The molecule has 2 heterocycles.